The van der Waals surface area contributed by atoms with E-state index in [2.05, 4.69) is 0 Å². The summed E-state index contributed by atoms with van der Waals surface area (Å²) in [6, 6.07) is 3.87. The van der Waals surface area contributed by atoms with Gasteiger partial charge in [0.05, 0.1) is 27.1 Å². The molecule has 0 unspecified atom stereocenters. The molecule has 0 saturated carbocycles. The first-order valence-electron chi connectivity index (χ1n) is 7.24. The van der Waals surface area contributed by atoms with Crippen LogP contribution >= 0.6 is 23.2 Å². The molecule has 6 nitrogen and oxygen atoms in total. The molecule has 1 saturated heterocycles. The van der Waals surface area contributed by atoms with Crippen molar-refractivity contribution in [2.45, 2.75) is 25.5 Å². The number of sulfone groups is 1. The minimum atomic E-state index is -3.10. The fourth-order valence-corrected chi connectivity index (χ4v) is 4.52. The Labute approximate surface area is 150 Å². The van der Waals surface area contributed by atoms with Crippen LogP contribution in [-0.4, -0.2) is 55.9 Å². The average Bonchev–Trinajstić information content (AvgIpc) is 2.88. The molecule has 2 rings (SSSR count). The number of likely N-dealkylation sites (N-methyl/N-ethyl adjacent to an activating group) is 1. The fourth-order valence-electron chi connectivity index (χ4n) is 2.45. The number of carbonyl (C=O) groups is 2. The Bertz CT molecular complexity index is 765. The van der Waals surface area contributed by atoms with E-state index in [1.165, 1.54) is 37.1 Å². The van der Waals surface area contributed by atoms with Gasteiger partial charge in [-0.15, -0.1) is 0 Å². The van der Waals surface area contributed by atoms with Gasteiger partial charge < -0.3 is 9.64 Å². The standard InChI is InChI=1S/C15H17Cl2NO5S/c1-9(14(19)18(2)11-5-6-24(21,22)8-11)23-15(20)10-3-4-12(16)13(17)7-10/h3-4,7,9,11H,5-6,8H2,1-2H3/t9-,11+/m0/s1. The third-order valence-corrected chi connectivity index (χ3v) is 6.38. The maximum atomic E-state index is 12.3. The Morgan fingerprint density at radius 2 is 1.96 bits per heavy atom. The molecule has 1 fully saturated rings. The molecule has 1 aliphatic rings. The van der Waals surface area contributed by atoms with Crippen LogP contribution in [0.5, 0.6) is 0 Å². The summed E-state index contributed by atoms with van der Waals surface area (Å²) in [5, 5.41) is 0.512. The largest absolute Gasteiger partial charge is 0.449 e. The summed E-state index contributed by atoms with van der Waals surface area (Å²) in [6.45, 7) is 1.44. The van der Waals surface area contributed by atoms with Crippen molar-refractivity contribution in [3.8, 4) is 0 Å². The monoisotopic (exact) mass is 393 g/mol. The predicted octanol–water partition coefficient (Wildman–Crippen LogP) is 2.18. The van der Waals surface area contributed by atoms with Crippen LogP contribution in [0.15, 0.2) is 18.2 Å². The Morgan fingerprint density at radius 3 is 2.50 bits per heavy atom. The quantitative estimate of drug-likeness (QED) is 0.732. The maximum Gasteiger partial charge on any atom is 0.338 e. The van der Waals surface area contributed by atoms with Gasteiger partial charge in [0.15, 0.2) is 15.9 Å². The van der Waals surface area contributed by atoms with Gasteiger partial charge >= 0.3 is 5.97 Å². The highest BCUT2D eigenvalue weighted by molar-refractivity contribution is 7.91. The van der Waals surface area contributed by atoms with E-state index in [1.807, 2.05) is 0 Å². The smallest absolute Gasteiger partial charge is 0.338 e. The van der Waals surface area contributed by atoms with E-state index in [-0.39, 0.29) is 22.1 Å². The van der Waals surface area contributed by atoms with Gasteiger partial charge in [0.2, 0.25) is 0 Å². The van der Waals surface area contributed by atoms with Crippen LogP contribution in [0, 0.1) is 0 Å². The zero-order valence-electron chi connectivity index (χ0n) is 13.2. The summed E-state index contributed by atoms with van der Waals surface area (Å²) in [4.78, 5) is 25.7. The summed E-state index contributed by atoms with van der Waals surface area (Å²) in [5.41, 5.74) is 0.176. The fraction of sp³-hybridized carbons (Fsp3) is 0.467. The molecular formula is C15H17Cl2NO5S. The zero-order chi connectivity index (χ0) is 18.1. The zero-order valence-corrected chi connectivity index (χ0v) is 15.5. The lowest BCUT2D eigenvalue weighted by Crippen LogP contribution is -2.44. The Balaban J connectivity index is 2.00. The van der Waals surface area contributed by atoms with Gasteiger partial charge in [-0.2, -0.15) is 0 Å². The molecule has 2 atom stereocenters. The molecule has 1 aromatic carbocycles. The van der Waals surface area contributed by atoms with Crippen LogP contribution in [0.2, 0.25) is 10.0 Å². The van der Waals surface area contributed by atoms with E-state index in [0.29, 0.717) is 11.4 Å². The SMILES string of the molecule is C[C@H](OC(=O)c1ccc(Cl)c(Cl)c1)C(=O)N(C)[C@@H]1CCS(=O)(=O)C1. The summed E-state index contributed by atoms with van der Waals surface area (Å²) in [6.07, 6.45) is -0.654. The molecule has 132 valence electrons. The maximum absolute atomic E-state index is 12.3. The van der Waals surface area contributed by atoms with Crippen molar-refractivity contribution in [3.05, 3.63) is 33.8 Å². The van der Waals surface area contributed by atoms with Crippen LogP contribution in [0.1, 0.15) is 23.7 Å². The topological polar surface area (TPSA) is 80.8 Å². The van der Waals surface area contributed by atoms with Gasteiger partial charge in [-0.25, -0.2) is 13.2 Å². The Morgan fingerprint density at radius 1 is 1.29 bits per heavy atom. The number of nitrogens with zero attached hydrogens (tertiary/aromatic N) is 1. The normalized spacial score (nSPS) is 20.4. The predicted molar refractivity (Wildman–Crippen MR) is 91.2 cm³/mol. The summed E-state index contributed by atoms with van der Waals surface area (Å²) in [7, 11) is -1.59. The highest BCUT2D eigenvalue weighted by Crippen LogP contribution is 2.23. The molecule has 1 amide bonds. The second-order valence-corrected chi connectivity index (χ2v) is 8.73. The van der Waals surface area contributed by atoms with E-state index < -0.39 is 33.9 Å². The first-order chi connectivity index (χ1) is 11.1. The number of ether oxygens (including phenoxy) is 1. The number of hydrogen-bond acceptors (Lipinski definition) is 5. The lowest BCUT2D eigenvalue weighted by molar-refractivity contribution is -0.140. The lowest BCUT2D eigenvalue weighted by atomic mass is 10.2. The Hall–Kier alpha value is -1.31. The second-order valence-electron chi connectivity index (χ2n) is 5.68. The van der Waals surface area contributed by atoms with Crippen LogP contribution in [0.25, 0.3) is 0 Å². The molecule has 0 aliphatic carbocycles. The first-order valence-corrected chi connectivity index (χ1v) is 9.81. The molecule has 1 heterocycles. The van der Waals surface area contributed by atoms with Crippen LogP contribution < -0.4 is 0 Å². The number of benzene rings is 1. The molecule has 0 radical (unpaired) electrons. The Kier molecular flexibility index (Phi) is 5.78. The van der Waals surface area contributed by atoms with Gasteiger partial charge in [-0.1, -0.05) is 23.2 Å². The number of hydrogen-bond donors (Lipinski definition) is 0. The van der Waals surface area contributed by atoms with Crippen molar-refractivity contribution in [1.29, 1.82) is 0 Å². The summed E-state index contributed by atoms with van der Waals surface area (Å²) < 4.78 is 28.2. The summed E-state index contributed by atoms with van der Waals surface area (Å²) >= 11 is 11.6. The minimum Gasteiger partial charge on any atom is -0.449 e. The van der Waals surface area contributed by atoms with Crippen LogP contribution in [0.4, 0.5) is 0 Å². The number of rotatable bonds is 4. The highest BCUT2D eigenvalue weighted by Gasteiger charge is 2.35. The van der Waals surface area contributed by atoms with Gasteiger partial charge in [0.25, 0.3) is 5.91 Å². The van der Waals surface area contributed by atoms with E-state index in [0.717, 1.165) is 0 Å². The lowest BCUT2D eigenvalue weighted by Gasteiger charge is -2.26. The molecule has 9 heteroatoms. The highest BCUT2D eigenvalue weighted by atomic mass is 35.5. The number of carbonyl (C=O) groups excluding carboxylic acids is 2. The van der Waals surface area contributed by atoms with E-state index in [9.17, 15) is 18.0 Å². The third kappa shape index (κ3) is 4.40. The molecular weight excluding hydrogens is 377 g/mol. The van der Waals surface area contributed by atoms with Crippen molar-refractivity contribution < 1.29 is 22.7 Å². The van der Waals surface area contributed by atoms with Crippen molar-refractivity contribution in [2.75, 3.05) is 18.6 Å². The minimum absolute atomic E-state index is 0.0622. The van der Waals surface area contributed by atoms with Crippen LogP contribution in [-0.2, 0) is 19.4 Å². The third-order valence-electron chi connectivity index (χ3n) is 3.89. The number of halogens is 2. The molecule has 1 aliphatic heterocycles. The van der Waals surface area contributed by atoms with Crippen molar-refractivity contribution in [1.82, 2.24) is 4.90 Å². The summed E-state index contributed by atoms with van der Waals surface area (Å²) in [5.74, 6) is -1.16. The number of amides is 1. The van der Waals surface area contributed by atoms with E-state index in [4.69, 9.17) is 27.9 Å². The van der Waals surface area contributed by atoms with Crippen molar-refractivity contribution >= 4 is 44.9 Å². The average molecular weight is 394 g/mol. The first kappa shape index (κ1) is 19.0. The molecule has 24 heavy (non-hydrogen) atoms. The molecule has 1 aromatic rings. The van der Waals surface area contributed by atoms with E-state index >= 15 is 0 Å². The van der Waals surface area contributed by atoms with Gasteiger partial charge in [-0.3, -0.25) is 4.79 Å². The second kappa shape index (κ2) is 7.29. The van der Waals surface area contributed by atoms with Gasteiger partial charge in [-0.05, 0) is 31.5 Å². The molecule has 0 N–H and O–H groups in total. The molecule has 0 aromatic heterocycles. The molecule has 0 spiro atoms. The number of esters is 1. The van der Waals surface area contributed by atoms with Crippen LogP contribution in [0.3, 0.4) is 0 Å². The molecule has 0 bridgehead atoms. The van der Waals surface area contributed by atoms with Crippen molar-refractivity contribution in [2.24, 2.45) is 0 Å². The van der Waals surface area contributed by atoms with Gasteiger partial charge in [0.1, 0.15) is 0 Å². The van der Waals surface area contributed by atoms with Gasteiger partial charge in [0, 0.05) is 13.1 Å². The van der Waals surface area contributed by atoms with E-state index in [1.54, 1.807) is 0 Å². The van der Waals surface area contributed by atoms with Crippen molar-refractivity contribution in [3.63, 3.8) is 0 Å².